The Balaban J connectivity index is 1.95. The second kappa shape index (κ2) is 5.40. The fraction of sp³-hybridized carbons (Fsp3) is 0.176. The van der Waals surface area contributed by atoms with Crippen LogP contribution in [0.3, 0.4) is 0 Å². The second-order valence-corrected chi connectivity index (χ2v) is 5.00. The van der Waals surface area contributed by atoms with Gasteiger partial charge in [0.1, 0.15) is 5.75 Å². The number of benzene rings is 1. The minimum Gasteiger partial charge on any atom is -0.496 e. The molecule has 0 aliphatic heterocycles. The molecular formula is C17H16N2O2. The molecule has 0 fully saturated rings. The van der Waals surface area contributed by atoms with E-state index in [2.05, 4.69) is 5.10 Å². The third-order valence-electron chi connectivity index (χ3n) is 3.51. The largest absolute Gasteiger partial charge is 0.496 e. The molecule has 0 radical (unpaired) electrons. The molecule has 1 aromatic carbocycles. The highest BCUT2D eigenvalue weighted by atomic mass is 16.5. The van der Waals surface area contributed by atoms with Gasteiger partial charge in [-0.05, 0) is 25.1 Å². The highest BCUT2D eigenvalue weighted by Gasteiger charge is 2.15. The summed E-state index contributed by atoms with van der Waals surface area (Å²) in [4.78, 5) is 12.6. The Morgan fingerprint density at radius 3 is 2.95 bits per heavy atom. The summed E-state index contributed by atoms with van der Waals surface area (Å²) in [5.41, 5.74) is 3.48. The summed E-state index contributed by atoms with van der Waals surface area (Å²) >= 11 is 0. The molecule has 4 heteroatoms. The van der Waals surface area contributed by atoms with E-state index in [1.54, 1.807) is 17.8 Å². The average molecular weight is 280 g/mol. The number of hydrogen-bond acceptors (Lipinski definition) is 3. The van der Waals surface area contributed by atoms with Crippen molar-refractivity contribution in [2.24, 2.45) is 0 Å². The molecule has 3 aromatic rings. The molecule has 0 N–H and O–H groups in total. The number of pyridine rings is 1. The number of rotatable bonds is 4. The van der Waals surface area contributed by atoms with Crippen molar-refractivity contribution in [3.05, 3.63) is 65.5 Å². The van der Waals surface area contributed by atoms with Crippen LogP contribution in [0, 0.1) is 6.92 Å². The van der Waals surface area contributed by atoms with E-state index in [1.807, 2.05) is 49.5 Å². The van der Waals surface area contributed by atoms with Crippen molar-refractivity contribution in [1.29, 1.82) is 0 Å². The predicted molar refractivity (Wildman–Crippen MR) is 81.0 cm³/mol. The first-order chi connectivity index (χ1) is 10.2. The van der Waals surface area contributed by atoms with Gasteiger partial charge in [-0.25, -0.2) is 4.52 Å². The van der Waals surface area contributed by atoms with Crippen LogP contribution in [0.15, 0.2) is 48.8 Å². The van der Waals surface area contributed by atoms with Crippen molar-refractivity contribution < 1.29 is 9.53 Å². The Morgan fingerprint density at radius 2 is 2.14 bits per heavy atom. The maximum absolute atomic E-state index is 12.6. The van der Waals surface area contributed by atoms with E-state index in [4.69, 9.17) is 4.74 Å². The fourth-order valence-corrected chi connectivity index (χ4v) is 2.46. The summed E-state index contributed by atoms with van der Waals surface area (Å²) in [6.07, 6.45) is 3.76. The number of aromatic nitrogens is 2. The van der Waals surface area contributed by atoms with Gasteiger partial charge in [-0.15, -0.1) is 0 Å². The number of aryl methyl sites for hydroxylation is 1. The Labute approximate surface area is 123 Å². The zero-order valence-electron chi connectivity index (χ0n) is 12.0. The van der Waals surface area contributed by atoms with Crippen LogP contribution in [0.5, 0.6) is 5.75 Å². The van der Waals surface area contributed by atoms with Crippen molar-refractivity contribution in [2.75, 3.05) is 7.11 Å². The maximum atomic E-state index is 12.6. The van der Waals surface area contributed by atoms with Crippen LogP contribution in [0.2, 0.25) is 0 Å². The molecule has 106 valence electrons. The van der Waals surface area contributed by atoms with Crippen LogP contribution in [0.4, 0.5) is 0 Å². The van der Waals surface area contributed by atoms with Crippen LogP contribution in [0.1, 0.15) is 21.5 Å². The normalized spacial score (nSPS) is 10.8. The number of Topliss-reactive ketones (excluding diaryl/α,β-unsaturated/α-hetero) is 1. The summed E-state index contributed by atoms with van der Waals surface area (Å²) in [5.74, 6) is 0.783. The Bertz CT molecular complexity index is 805. The van der Waals surface area contributed by atoms with Crippen molar-refractivity contribution in [1.82, 2.24) is 9.61 Å². The molecule has 0 saturated carbocycles. The smallest absolute Gasteiger partial charge is 0.171 e. The third kappa shape index (κ3) is 2.52. The minimum absolute atomic E-state index is 0.0418. The van der Waals surface area contributed by atoms with Crippen LogP contribution < -0.4 is 4.74 Å². The molecular weight excluding hydrogens is 264 g/mol. The monoisotopic (exact) mass is 280 g/mol. The van der Waals surface area contributed by atoms with Gasteiger partial charge >= 0.3 is 0 Å². The average Bonchev–Trinajstić information content (AvgIpc) is 2.91. The number of methoxy groups -OCH3 is 1. The summed E-state index contributed by atoms with van der Waals surface area (Å²) in [7, 11) is 1.62. The number of ether oxygens (including phenoxy) is 1. The summed E-state index contributed by atoms with van der Waals surface area (Å²) in [5, 5.41) is 4.21. The van der Waals surface area contributed by atoms with Gasteiger partial charge in [0.15, 0.2) is 5.78 Å². The molecule has 0 aliphatic rings. The number of nitrogens with zero attached hydrogens (tertiary/aromatic N) is 2. The first-order valence-electron chi connectivity index (χ1n) is 6.78. The van der Waals surface area contributed by atoms with E-state index in [9.17, 15) is 4.79 Å². The van der Waals surface area contributed by atoms with Gasteiger partial charge in [0.2, 0.25) is 0 Å². The molecule has 0 spiro atoms. The third-order valence-corrected chi connectivity index (χ3v) is 3.51. The van der Waals surface area contributed by atoms with E-state index in [0.29, 0.717) is 12.0 Å². The van der Waals surface area contributed by atoms with E-state index in [-0.39, 0.29) is 5.78 Å². The van der Waals surface area contributed by atoms with Crippen molar-refractivity contribution in [3.63, 3.8) is 0 Å². The number of fused-ring (bicyclic) bond motifs is 1. The highest BCUT2D eigenvalue weighted by Crippen LogP contribution is 2.22. The van der Waals surface area contributed by atoms with E-state index in [1.165, 1.54) is 0 Å². The number of carbonyl (C=O) groups is 1. The molecule has 0 bridgehead atoms. The van der Waals surface area contributed by atoms with Crippen LogP contribution in [-0.2, 0) is 6.42 Å². The fourth-order valence-electron chi connectivity index (χ4n) is 2.46. The van der Waals surface area contributed by atoms with Crippen LogP contribution in [-0.4, -0.2) is 22.5 Å². The lowest BCUT2D eigenvalue weighted by atomic mass is 10.0. The Hall–Kier alpha value is -2.62. The highest BCUT2D eigenvalue weighted by molar-refractivity contribution is 6.03. The van der Waals surface area contributed by atoms with Gasteiger partial charge in [0.25, 0.3) is 0 Å². The second-order valence-electron chi connectivity index (χ2n) is 5.00. The van der Waals surface area contributed by atoms with Gasteiger partial charge in [0.05, 0.1) is 24.4 Å². The first-order valence-corrected chi connectivity index (χ1v) is 6.78. The Kier molecular flexibility index (Phi) is 3.44. The van der Waals surface area contributed by atoms with E-state index in [0.717, 1.165) is 22.4 Å². The molecule has 0 aliphatic carbocycles. The lowest BCUT2D eigenvalue weighted by molar-refractivity contribution is 0.0993. The maximum Gasteiger partial charge on any atom is 0.171 e. The van der Waals surface area contributed by atoms with Gasteiger partial charge in [0, 0.05) is 18.2 Å². The SMILES string of the molecule is COc1ccc(C)cc1CC(=O)c1cnn2ccccc12. The molecule has 21 heavy (non-hydrogen) atoms. The van der Waals surface area contributed by atoms with Gasteiger partial charge in [-0.3, -0.25) is 4.79 Å². The summed E-state index contributed by atoms with van der Waals surface area (Å²) < 4.78 is 7.04. The molecule has 0 unspecified atom stereocenters. The summed E-state index contributed by atoms with van der Waals surface area (Å²) in [6, 6.07) is 11.5. The molecule has 0 atom stereocenters. The number of hydrogen-bond donors (Lipinski definition) is 0. The van der Waals surface area contributed by atoms with Crippen molar-refractivity contribution in [3.8, 4) is 5.75 Å². The van der Waals surface area contributed by atoms with E-state index >= 15 is 0 Å². The van der Waals surface area contributed by atoms with E-state index < -0.39 is 0 Å². The number of carbonyl (C=O) groups excluding carboxylic acids is 1. The molecule has 3 rings (SSSR count). The summed E-state index contributed by atoms with van der Waals surface area (Å²) in [6.45, 7) is 2.00. The standard InChI is InChI=1S/C17H16N2O2/c1-12-6-7-17(21-2)13(9-12)10-16(20)14-11-18-19-8-4-3-5-15(14)19/h3-9,11H,10H2,1-2H3. The molecule has 2 aromatic heterocycles. The zero-order valence-corrected chi connectivity index (χ0v) is 12.0. The number of ketones is 1. The van der Waals surface area contributed by atoms with Gasteiger partial charge in [-0.1, -0.05) is 23.8 Å². The van der Waals surface area contributed by atoms with Gasteiger partial charge in [-0.2, -0.15) is 5.10 Å². The molecule has 0 amide bonds. The first kappa shape index (κ1) is 13.4. The minimum atomic E-state index is 0.0418. The molecule has 0 saturated heterocycles. The molecule has 2 heterocycles. The predicted octanol–water partition coefficient (Wildman–Crippen LogP) is 3.08. The van der Waals surface area contributed by atoms with Crippen molar-refractivity contribution in [2.45, 2.75) is 13.3 Å². The quantitative estimate of drug-likeness (QED) is 0.690. The van der Waals surface area contributed by atoms with Crippen molar-refractivity contribution >= 4 is 11.3 Å². The van der Waals surface area contributed by atoms with Crippen LogP contribution >= 0.6 is 0 Å². The lowest BCUT2D eigenvalue weighted by Crippen LogP contribution is -2.05. The zero-order chi connectivity index (χ0) is 14.8. The Morgan fingerprint density at radius 1 is 1.29 bits per heavy atom. The lowest BCUT2D eigenvalue weighted by Gasteiger charge is -2.08. The van der Waals surface area contributed by atoms with Crippen LogP contribution in [0.25, 0.3) is 5.52 Å². The molecule has 4 nitrogen and oxygen atoms in total. The van der Waals surface area contributed by atoms with Gasteiger partial charge < -0.3 is 4.74 Å². The topological polar surface area (TPSA) is 43.6 Å².